The molecule has 9 heavy (non-hydrogen) atoms. The van der Waals surface area contributed by atoms with E-state index < -0.39 is 0 Å². The second kappa shape index (κ2) is 4.77. The minimum absolute atomic E-state index is 0.243. The van der Waals surface area contributed by atoms with Gasteiger partial charge in [-0.05, 0) is 25.7 Å². The molecule has 0 spiro atoms. The quantitative estimate of drug-likeness (QED) is 0.570. The summed E-state index contributed by atoms with van der Waals surface area (Å²) in [6.07, 6.45) is 2.23. The Balaban J connectivity index is 3.06. The van der Waals surface area contributed by atoms with Gasteiger partial charge < -0.3 is 5.21 Å². The highest BCUT2D eigenvalue weighted by molar-refractivity contribution is 4.55. The SMILES string of the molecule is CC(C)CCC(C)NO. The molecule has 2 N–H and O–H groups in total. The van der Waals surface area contributed by atoms with Crippen LogP contribution in [0.1, 0.15) is 33.6 Å². The van der Waals surface area contributed by atoms with E-state index in [0.717, 1.165) is 12.3 Å². The molecular formula is C7H17NO. The summed E-state index contributed by atoms with van der Waals surface area (Å²) >= 11 is 0. The first-order chi connectivity index (χ1) is 4.16. The Morgan fingerprint density at radius 1 is 1.22 bits per heavy atom. The molecule has 0 aromatic heterocycles. The summed E-state index contributed by atoms with van der Waals surface area (Å²) in [5.41, 5.74) is 2.22. The summed E-state index contributed by atoms with van der Waals surface area (Å²) < 4.78 is 0. The topological polar surface area (TPSA) is 32.3 Å². The summed E-state index contributed by atoms with van der Waals surface area (Å²) in [6.45, 7) is 6.34. The number of hydrogen-bond acceptors (Lipinski definition) is 2. The lowest BCUT2D eigenvalue weighted by Gasteiger charge is -2.09. The van der Waals surface area contributed by atoms with Crippen molar-refractivity contribution in [1.82, 2.24) is 5.48 Å². The van der Waals surface area contributed by atoms with Crippen LogP contribution in [0, 0.1) is 5.92 Å². The lowest BCUT2D eigenvalue weighted by atomic mass is 10.1. The van der Waals surface area contributed by atoms with Gasteiger partial charge in [0.15, 0.2) is 0 Å². The summed E-state index contributed by atoms with van der Waals surface area (Å²) in [4.78, 5) is 0. The van der Waals surface area contributed by atoms with Gasteiger partial charge >= 0.3 is 0 Å². The lowest BCUT2D eigenvalue weighted by Crippen LogP contribution is -2.21. The molecular weight excluding hydrogens is 114 g/mol. The predicted molar refractivity (Wildman–Crippen MR) is 38.5 cm³/mol. The second-order valence-electron chi connectivity index (χ2n) is 3.00. The smallest absolute Gasteiger partial charge is 0.0291 e. The fraction of sp³-hybridized carbons (Fsp3) is 1.00. The third kappa shape index (κ3) is 5.80. The molecule has 0 aliphatic rings. The van der Waals surface area contributed by atoms with Gasteiger partial charge in [0, 0.05) is 6.04 Å². The zero-order chi connectivity index (χ0) is 7.28. The van der Waals surface area contributed by atoms with Gasteiger partial charge in [-0.25, -0.2) is 5.48 Å². The van der Waals surface area contributed by atoms with Crippen molar-refractivity contribution in [2.75, 3.05) is 0 Å². The molecule has 0 aromatic rings. The van der Waals surface area contributed by atoms with Gasteiger partial charge in [-0.2, -0.15) is 0 Å². The van der Waals surface area contributed by atoms with Gasteiger partial charge in [0.2, 0.25) is 0 Å². The molecule has 0 fully saturated rings. The monoisotopic (exact) mass is 131 g/mol. The average Bonchev–Trinajstić information content (AvgIpc) is 1.83. The van der Waals surface area contributed by atoms with Crippen molar-refractivity contribution in [2.45, 2.75) is 39.7 Å². The molecule has 0 saturated heterocycles. The van der Waals surface area contributed by atoms with Crippen LogP contribution in [0.4, 0.5) is 0 Å². The fourth-order valence-electron chi connectivity index (χ4n) is 0.648. The van der Waals surface area contributed by atoms with Gasteiger partial charge in [0.05, 0.1) is 0 Å². The van der Waals surface area contributed by atoms with E-state index in [9.17, 15) is 0 Å². The van der Waals surface area contributed by atoms with Crippen molar-refractivity contribution in [3.8, 4) is 0 Å². The van der Waals surface area contributed by atoms with E-state index in [0.29, 0.717) is 0 Å². The van der Waals surface area contributed by atoms with Crippen LogP contribution in [0.2, 0.25) is 0 Å². The molecule has 56 valence electrons. The Hall–Kier alpha value is -0.0800. The van der Waals surface area contributed by atoms with Crippen LogP contribution in [0.25, 0.3) is 0 Å². The van der Waals surface area contributed by atoms with Crippen molar-refractivity contribution in [3.63, 3.8) is 0 Å². The van der Waals surface area contributed by atoms with E-state index in [1.807, 2.05) is 6.92 Å². The molecule has 0 heterocycles. The Labute approximate surface area is 57.2 Å². The summed E-state index contributed by atoms with van der Waals surface area (Å²) in [6, 6.07) is 0.243. The van der Waals surface area contributed by atoms with Crippen molar-refractivity contribution in [3.05, 3.63) is 0 Å². The zero-order valence-electron chi connectivity index (χ0n) is 6.52. The Morgan fingerprint density at radius 3 is 2.11 bits per heavy atom. The van der Waals surface area contributed by atoms with E-state index in [4.69, 9.17) is 5.21 Å². The van der Waals surface area contributed by atoms with Crippen LogP contribution in [-0.2, 0) is 0 Å². The van der Waals surface area contributed by atoms with E-state index in [2.05, 4.69) is 19.3 Å². The molecule has 0 radical (unpaired) electrons. The van der Waals surface area contributed by atoms with Crippen LogP contribution >= 0.6 is 0 Å². The van der Waals surface area contributed by atoms with Crippen LogP contribution in [0.3, 0.4) is 0 Å². The zero-order valence-corrected chi connectivity index (χ0v) is 6.52. The number of nitrogens with one attached hydrogen (secondary N) is 1. The minimum atomic E-state index is 0.243. The number of hydrogen-bond donors (Lipinski definition) is 2. The van der Waals surface area contributed by atoms with Crippen molar-refractivity contribution in [2.24, 2.45) is 5.92 Å². The van der Waals surface area contributed by atoms with E-state index in [-0.39, 0.29) is 6.04 Å². The fourth-order valence-corrected chi connectivity index (χ4v) is 0.648. The van der Waals surface area contributed by atoms with Gasteiger partial charge in [0.25, 0.3) is 0 Å². The molecule has 0 rings (SSSR count). The lowest BCUT2D eigenvalue weighted by molar-refractivity contribution is 0.126. The standard InChI is InChI=1S/C7H17NO/c1-6(2)4-5-7(3)8-9/h6-9H,4-5H2,1-3H3. The third-order valence-corrected chi connectivity index (χ3v) is 1.40. The molecule has 0 aromatic carbocycles. The summed E-state index contributed by atoms with van der Waals surface area (Å²) in [5.74, 6) is 0.737. The molecule has 0 bridgehead atoms. The van der Waals surface area contributed by atoms with Crippen LogP contribution in [0.15, 0.2) is 0 Å². The molecule has 0 saturated carbocycles. The Morgan fingerprint density at radius 2 is 1.78 bits per heavy atom. The maximum absolute atomic E-state index is 8.40. The average molecular weight is 131 g/mol. The van der Waals surface area contributed by atoms with Gasteiger partial charge in [-0.1, -0.05) is 13.8 Å². The van der Waals surface area contributed by atoms with Crippen molar-refractivity contribution >= 4 is 0 Å². The molecule has 1 unspecified atom stereocenters. The highest BCUT2D eigenvalue weighted by Crippen LogP contribution is 2.05. The highest BCUT2D eigenvalue weighted by Gasteiger charge is 1.99. The highest BCUT2D eigenvalue weighted by atomic mass is 16.5. The molecule has 0 aliphatic carbocycles. The molecule has 0 aliphatic heterocycles. The van der Waals surface area contributed by atoms with Crippen LogP contribution in [-0.4, -0.2) is 11.2 Å². The van der Waals surface area contributed by atoms with Crippen molar-refractivity contribution in [1.29, 1.82) is 0 Å². The van der Waals surface area contributed by atoms with Crippen molar-refractivity contribution < 1.29 is 5.21 Å². The number of hydroxylamine groups is 1. The minimum Gasteiger partial charge on any atom is -0.317 e. The van der Waals surface area contributed by atoms with Gasteiger partial charge in [-0.15, -0.1) is 0 Å². The summed E-state index contributed by atoms with van der Waals surface area (Å²) in [5, 5.41) is 8.40. The summed E-state index contributed by atoms with van der Waals surface area (Å²) in [7, 11) is 0. The predicted octanol–water partition coefficient (Wildman–Crippen LogP) is 1.79. The maximum atomic E-state index is 8.40. The number of rotatable bonds is 4. The maximum Gasteiger partial charge on any atom is 0.0291 e. The normalized spacial score (nSPS) is 14.3. The van der Waals surface area contributed by atoms with Crippen LogP contribution < -0.4 is 5.48 Å². The Kier molecular flexibility index (Phi) is 4.72. The molecule has 0 amide bonds. The first-order valence-corrected chi connectivity index (χ1v) is 3.56. The first kappa shape index (κ1) is 8.92. The third-order valence-electron chi connectivity index (χ3n) is 1.40. The first-order valence-electron chi connectivity index (χ1n) is 3.56. The van der Waals surface area contributed by atoms with Gasteiger partial charge in [0.1, 0.15) is 0 Å². The van der Waals surface area contributed by atoms with E-state index >= 15 is 0 Å². The molecule has 2 nitrogen and oxygen atoms in total. The van der Waals surface area contributed by atoms with Gasteiger partial charge in [-0.3, -0.25) is 0 Å². The van der Waals surface area contributed by atoms with E-state index in [1.54, 1.807) is 0 Å². The second-order valence-corrected chi connectivity index (χ2v) is 3.00. The molecule has 2 heteroatoms. The molecule has 1 atom stereocenters. The Bertz CT molecular complexity index is 63.9. The van der Waals surface area contributed by atoms with Crippen LogP contribution in [0.5, 0.6) is 0 Å². The largest absolute Gasteiger partial charge is 0.317 e. The van der Waals surface area contributed by atoms with E-state index in [1.165, 1.54) is 6.42 Å².